The zero-order chi connectivity index (χ0) is 23.0. The predicted molar refractivity (Wildman–Crippen MR) is 115 cm³/mol. The van der Waals surface area contributed by atoms with Gasteiger partial charge in [0.25, 0.3) is 0 Å². The van der Waals surface area contributed by atoms with Crippen molar-refractivity contribution < 1.29 is 32.6 Å². The smallest absolute Gasteiger partial charge is 0.325 e. The number of rotatable bonds is 7. The number of aryl methyl sites for hydroxylation is 1. The monoisotopic (exact) mass is 467 g/mol. The van der Waals surface area contributed by atoms with Crippen LogP contribution in [-0.4, -0.2) is 88.7 Å². The van der Waals surface area contributed by atoms with Gasteiger partial charge in [0.15, 0.2) is 9.84 Å². The summed E-state index contributed by atoms with van der Waals surface area (Å²) in [6.45, 7) is 2.14. The molecule has 2 fully saturated rings. The van der Waals surface area contributed by atoms with Gasteiger partial charge in [0.1, 0.15) is 11.9 Å². The van der Waals surface area contributed by atoms with Gasteiger partial charge in [-0.15, -0.1) is 0 Å². The van der Waals surface area contributed by atoms with Crippen LogP contribution in [0.15, 0.2) is 24.4 Å². The molecule has 2 saturated heterocycles. The Kier molecular flexibility index (Phi) is 6.24. The van der Waals surface area contributed by atoms with E-state index in [9.17, 15) is 27.5 Å². The van der Waals surface area contributed by atoms with Crippen LogP contribution in [0.4, 0.5) is 4.39 Å². The largest absolute Gasteiger partial charge is 0.481 e. The quantitative estimate of drug-likeness (QED) is 0.623. The Hall–Kier alpha value is -2.50. The maximum atomic E-state index is 13.9. The molecule has 0 spiro atoms. The Labute approximate surface area is 184 Å². The molecule has 4 rings (SSSR count). The first-order chi connectivity index (χ1) is 15.1. The maximum absolute atomic E-state index is 13.9. The molecule has 11 heteroatoms. The number of fused-ring (bicyclic) bond motifs is 1. The number of hydrogen-bond donors (Lipinski definition) is 2. The van der Waals surface area contributed by atoms with Crippen molar-refractivity contribution in [3.8, 4) is 0 Å². The Bertz CT molecular complexity index is 1140. The average molecular weight is 468 g/mol. The third kappa shape index (κ3) is 4.64. The highest BCUT2D eigenvalue weighted by Gasteiger charge is 2.37. The highest BCUT2D eigenvalue weighted by atomic mass is 32.2. The molecule has 0 bridgehead atoms. The summed E-state index contributed by atoms with van der Waals surface area (Å²) in [6.07, 6.45) is 2.05. The average Bonchev–Trinajstić information content (AvgIpc) is 3.26. The number of hydrogen-bond acceptors (Lipinski definition) is 6. The standard InChI is InChI=1S/C21H26FN3O6S/c22-14-1-2-16-17(12-25(18(16)11-14)5-3-19(26)27)20(21(28)29)24-8-6-23(7-9-24)15-4-10-32(30,31)13-15/h1-2,11-12,15,20H,3-10,13H2,(H,26,27)(H,28,29)/t15-,20+/m0/s1. The van der Waals surface area contributed by atoms with E-state index < -0.39 is 33.6 Å². The lowest BCUT2D eigenvalue weighted by Gasteiger charge is -2.40. The molecule has 9 nitrogen and oxygen atoms in total. The number of sulfone groups is 1. The van der Waals surface area contributed by atoms with E-state index in [-0.39, 0.29) is 30.5 Å². The topological polar surface area (TPSA) is 120 Å². The number of carboxylic acid groups (broad SMARTS) is 2. The molecule has 3 heterocycles. The number of nitrogens with zero attached hydrogens (tertiary/aromatic N) is 3. The third-order valence-electron chi connectivity index (χ3n) is 6.41. The van der Waals surface area contributed by atoms with Crippen molar-refractivity contribution in [1.29, 1.82) is 0 Å². The summed E-state index contributed by atoms with van der Waals surface area (Å²) in [5.41, 5.74) is 0.956. The highest BCUT2D eigenvalue weighted by molar-refractivity contribution is 7.91. The fraction of sp³-hybridized carbons (Fsp3) is 0.524. The Morgan fingerprint density at radius 3 is 2.47 bits per heavy atom. The van der Waals surface area contributed by atoms with Crippen LogP contribution in [0, 0.1) is 5.82 Å². The van der Waals surface area contributed by atoms with Crippen LogP contribution in [0.3, 0.4) is 0 Å². The summed E-state index contributed by atoms with van der Waals surface area (Å²) < 4.78 is 39.1. The second kappa shape index (κ2) is 8.80. The van der Waals surface area contributed by atoms with E-state index in [2.05, 4.69) is 4.90 Å². The number of carbonyl (C=O) groups is 2. The third-order valence-corrected chi connectivity index (χ3v) is 8.16. The van der Waals surface area contributed by atoms with Gasteiger partial charge in [0.05, 0.1) is 23.4 Å². The van der Waals surface area contributed by atoms with E-state index in [1.165, 1.54) is 18.2 Å². The van der Waals surface area contributed by atoms with Gasteiger partial charge in [0.2, 0.25) is 0 Å². The van der Waals surface area contributed by atoms with E-state index >= 15 is 0 Å². The van der Waals surface area contributed by atoms with Gasteiger partial charge in [-0.05, 0) is 24.6 Å². The van der Waals surface area contributed by atoms with Crippen molar-refractivity contribution in [2.24, 2.45) is 0 Å². The zero-order valence-electron chi connectivity index (χ0n) is 17.5. The molecule has 1 aromatic heterocycles. The summed E-state index contributed by atoms with van der Waals surface area (Å²) in [6, 6.07) is 3.10. The summed E-state index contributed by atoms with van der Waals surface area (Å²) in [5.74, 6) is -2.17. The molecule has 2 aromatic rings. The zero-order valence-corrected chi connectivity index (χ0v) is 18.3. The van der Waals surface area contributed by atoms with Crippen LogP contribution in [0.2, 0.25) is 0 Å². The minimum Gasteiger partial charge on any atom is -0.481 e. The number of aromatic nitrogens is 1. The fourth-order valence-corrected chi connectivity index (χ4v) is 6.58. The van der Waals surface area contributed by atoms with Crippen LogP contribution in [-0.2, 0) is 26.0 Å². The molecule has 2 aliphatic rings. The van der Waals surface area contributed by atoms with Crippen LogP contribution < -0.4 is 0 Å². The van der Waals surface area contributed by atoms with Crippen molar-refractivity contribution in [3.63, 3.8) is 0 Å². The van der Waals surface area contributed by atoms with Crippen molar-refractivity contribution >= 4 is 32.7 Å². The summed E-state index contributed by atoms with van der Waals surface area (Å²) in [4.78, 5) is 27.3. The minimum atomic E-state index is -2.99. The number of halogens is 1. The molecule has 0 unspecified atom stereocenters. The summed E-state index contributed by atoms with van der Waals surface area (Å²) in [7, 11) is -2.99. The van der Waals surface area contributed by atoms with E-state index in [0.717, 1.165) is 0 Å². The molecule has 2 N–H and O–H groups in total. The van der Waals surface area contributed by atoms with E-state index in [4.69, 9.17) is 5.11 Å². The number of benzene rings is 1. The molecule has 0 amide bonds. The maximum Gasteiger partial charge on any atom is 0.325 e. The van der Waals surface area contributed by atoms with Gasteiger partial charge in [-0.2, -0.15) is 0 Å². The van der Waals surface area contributed by atoms with Crippen molar-refractivity contribution in [1.82, 2.24) is 14.4 Å². The van der Waals surface area contributed by atoms with Gasteiger partial charge in [-0.25, -0.2) is 12.8 Å². The molecule has 32 heavy (non-hydrogen) atoms. The van der Waals surface area contributed by atoms with E-state index in [0.29, 0.717) is 49.1 Å². The summed E-state index contributed by atoms with van der Waals surface area (Å²) >= 11 is 0. The lowest BCUT2D eigenvalue weighted by molar-refractivity contribution is -0.144. The van der Waals surface area contributed by atoms with Crippen molar-refractivity contribution in [3.05, 3.63) is 35.8 Å². The lowest BCUT2D eigenvalue weighted by Crippen LogP contribution is -2.52. The van der Waals surface area contributed by atoms with E-state index in [1.807, 2.05) is 4.90 Å². The number of piperazine rings is 1. The van der Waals surface area contributed by atoms with Gasteiger partial charge in [-0.3, -0.25) is 19.4 Å². The van der Waals surface area contributed by atoms with E-state index in [1.54, 1.807) is 10.8 Å². The predicted octanol–water partition coefficient (Wildman–Crippen LogP) is 1.19. The normalized spacial score (nSPS) is 22.8. The molecule has 2 atom stereocenters. The molecular formula is C21H26FN3O6S. The lowest BCUT2D eigenvalue weighted by atomic mass is 10.0. The molecule has 0 radical (unpaired) electrons. The van der Waals surface area contributed by atoms with Crippen molar-refractivity contribution in [2.45, 2.75) is 31.5 Å². The Morgan fingerprint density at radius 2 is 1.88 bits per heavy atom. The number of aliphatic carboxylic acids is 2. The van der Waals surface area contributed by atoms with Gasteiger partial charge in [-0.1, -0.05) is 0 Å². The van der Waals surface area contributed by atoms with Gasteiger partial charge >= 0.3 is 11.9 Å². The fourth-order valence-electron chi connectivity index (χ4n) is 4.82. The second-order valence-electron chi connectivity index (χ2n) is 8.45. The van der Waals surface area contributed by atoms with Gasteiger partial charge in [0, 0.05) is 55.9 Å². The van der Waals surface area contributed by atoms with Crippen LogP contribution >= 0.6 is 0 Å². The van der Waals surface area contributed by atoms with Crippen LogP contribution in [0.1, 0.15) is 24.4 Å². The Morgan fingerprint density at radius 1 is 1.16 bits per heavy atom. The number of carboxylic acids is 2. The SMILES string of the molecule is O=C(O)CCn1cc([C@H](C(=O)O)N2CCN([C@H]3CCS(=O)(=O)C3)CC2)c2ccc(F)cc21. The van der Waals surface area contributed by atoms with Crippen LogP contribution in [0.5, 0.6) is 0 Å². The molecule has 1 aromatic carbocycles. The first-order valence-electron chi connectivity index (χ1n) is 10.6. The molecule has 174 valence electrons. The highest BCUT2D eigenvalue weighted by Crippen LogP contribution is 2.32. The first-order valence-corrected chi connectivity index (χ1v) is 12.4. The summed E-state index contributed by atoms with van der Waals surface area (Å²) in [5, 5.41) is 19.7. The Balaban J connectivity index is 1.58. The van der Waals surface area contributed by atoms with Crippen LogP contribution in [0.25, 0.3) is 10.9 Å². The second-order valence-corrected chi connectivity index (χ2v) is 10.7. The van der Waals surface area contributed by atoms with Crippen molar-refractivity contribution in [2.75, 3.05) is 37.7 Å². The van der Waals surface area contributed by atoms with Gasteiger partial charge < -0.3 is 14.8 Å². The first kappa shape index (κ1) is 22.7. The molecule has 0 saturated carbocycles. The minimum absolute atomic E-state index is 0.0219. The molecular weight excluding hydrogens is 441 g/mol. The molecule has 2 aliphatic heterocycles. The molecule has 0 aliphatic carbocycles.